The summed E-state index contributed by atoms with van der Waals surface area (Å²) < 4.78 is 9.10. The van der Waals surface area contributed by atoms with Gasteiger partial charge in [0.25, 0.3) is 0 Å². The van der Waals surface area contributed by atoms with E-state index in [1.807, 2.05) is 13.8 Å². The van der Waals surface area contributed by atoms with Crippen molar-refractivity contribution >= 4 is 0 Å². The topological polar surface area (TPSA) is 36.9 Å². The van der Waals surface area contributed by atoms with E-state index in [9.17, 15) is 0 Å². The third-order valence-electron chi connectivity index (χ3n) is 0.376. The van der Waals surface area contributed by atoms with Crippen LogP contribution in [0, 0.1) is 0 Å². The van der Waals surface area contributed by atoms with Crippen molar-refractivity contribution in [3.8, 4) is 0 Å². The molecule has 0 unspecified atom stereocenters. The fraction of sp³-hybridized carbons (Fsp3) is 1.00. The van der Waals surface area contributed by atoms with Gasteiger partial charge in [-0.05, 0) is 0 Å². The molecule has 0 rings (SSSR count). The Bertz CT molecular complexity index is 45.8. The number of halogens is 1. The van der Waals surface area contributed by atoms with E-state index >= 15 is 0 Å². The monoisotopic (exact) mass is 249 g/mol. The van der Waals surface area contributed by atoms with Crippen LogP contribution in [0.4, 0.5) is 0 Å². The van der Waals surface area contributed by atoms with Crippen molar-refractivity contribution in [2.24, 2.45) is 0 Å². The molecule has 0 saturated heterocycles. The molecule has 58 valence electrons. The molecule has 0 spiro atoms. The molecule has 0 aromatic heterocycles. The molecule has 0 aliphatic heterocycles. The molecular weight excluding hydrogens is 239 g/mol. The normalized spacial score (nSPS) is 10.4. The summed E-state index contributed by atoms with van der Waals surface area (Å²) >= 11 is -0.832. The van der Waals surface area contributed by atoms with Gasteiger partial charge in [-0.3, -0.25) is 0 Å². The Balaban J connectivity index is 2.60. The second-order valence-electron chi connectivity index (χ2n) is 1.00. The summed E-state index contributed by atoms with van der Waals surface area (Å²) in [5, 5.41) is 0. The molecule has 0 bridgehead atoms. The zero-order valence-electron chi connectivity index (χ0n) is 5.43. The molecule has 5 heteroatoms. The molecule has 0 saturated carbocycles. The van der Waals surface area contributed by atoms with Crippen molar-refractivity contribution in [3.63, 3.8) is 0 Å². The van der Waals surface area contributed by atoms with Crippen LogP contribution in [0.25, 0.3) is 0 Å². The summed E-state index contributed by atoms with van der Waals surface area (Å²) in [7, 11) is 0. The van der Waals surface area contributed by atoms with Gasteiger partial charge >= 0.3 is 65.3 Å². The molecule has 0 fully saturated rings. The Morgan fingerprint density at radius 3 is 1.78 bits per heavy atom. The van der Waals surface area contributed by atoms with Crippen LogP contribution in [0.2, 0.25) is 0 Å². The Morgan fingerprint density at radius 1 is 1.00 bits per heavy atom. The molecule has 0 aliphatic rings. The third-order valence-corrected chi connectivity index (χ3v) is 1.18. The molecule has 0 amide bonds. The maximum absolute atomic E-state index is 4.55. The fourth-order valence-corrected chi connectivity index (χ4v) is 0.912. The van der Waals surface area contributed by atoms with Crippen molar-refractivity contribution in [1.82, 2.24) is 0 Å². The Labute approximate surface area is 65.6 Å². The summed E-state index contributed by atoms with van der Waals surface area (Å²) in [5.41, 5.74) is 0. The van der Waals surface area contributed by atoms with E-state index in [0.29, 0.717) is 13.2 Å². The zero-order valence-corrected chi connectivity index (χ0v) is 7.58. The molecule has 0 atom stereocenters. The minimum atomic E-state index is -0.832. The van der Waals surface area contributed by atoms with Crippen molar-refractivity contribution in [3.05, 3.63) is 0 Å². The first-order valence-electron chi connectivity index (χ1n) is 2.63. The van der Waals surface area contributed by atoms with Crippen molar-refractivity contribution in [2.45, 2.75) is 13.8 Å². The summed E-state index contributed by atoms with van der Waals surface area (Å²) in [5.74, 6) is 0. The number of hydrogen-bond donors (Lipinski definition) is 0. The van der Waals surface area contributed by atoms with Crippen LogP contribution in [0.5, 0.6) is 0 Å². The standard InChI is InChI=1S/C4H10IO4/c1-3-6-8-5-9-7-4-2/h3-4H2,1-2H3/q-1. The molecule has 0 N–H and O–H groups in total. The van der Waals surface area contributed by atoms with Crippen LogP contribution in [0.15, 0.2) is 0 Å². The van der Waals surface area contributed by atoms with Gasteiger partial charge in [0.1, 0.15) is 0 Å². The first-order valence-corrected chi connectivity index (χ1v) is 4.40. The van der Waals surface area contributed by atoms with Gasteiger partial charge in [-0.15, -0.1) is 0 Å². The Hall–Kier alpha value is 0.570. The molecule has 0 aliphatic carbocycles. The van der Waals surface area contributed by atoms with Crippen LogP contribution in [0.3, 0.4) is 0 Å². The van der Waals surface area contributed by atoms with Gasteiger partial charge in [-0.25, -0.2) is 0 Å². The van der Waals surface area contributed by atoms with Gasteiger partial charge in [-0.1, -0.05) is 0 Å². The summed E-state index contributed by atoms with van der Waals surface area (Å²) in [4.78, 5) is 9.05. The average Bonchev–Trinajstić information content (AvgIpc) is 1.89. The van der Waals surface area contributed by atoms with E-state index in [2.05, 4.69) is 16.2 Å². The fourth-order valence-electron chi connectivity index (χ4n) is 0.136. The van der Waals surface area contributed by atoms with E-state index in [-0.39, 0.29) is 0 Å². The minimum absolute atomic E-state index is 0.537. The number of rotatable bonds is 6. The molecular formula is C4H10IO4-. The van der Waals surface area contributed by atoms with E-state index < -0.39 is 22.0 Å². The second kappa shape index (κ2) is 8.57. The molecule has 0 heterocycles. The van der Waals surface area contributed by atoms with Crippen LogP contribution in [-0.2, 0) is 16.2 Å². The van der Waals surface area contributed by atoms with Crippen LogP contribution < -0.4 is 22.0 Å². The first kappa shape index (κ1) is 9.57. The summed E-state index contributed by atoms with van der Waals surface area (Å²) in [6.07, 6.45) is 0. The average molecular weight is 249 g/mol. The van der Waals surface area contributed by atoms with Crippen LogP contribution >= 0.6 is 0 Å². The quantitative estimate of drug-likeness (QED) is 0.232. The zero-order chi connectivity index (χ0) is 6.95. The van der Waals surface area contributed by atoms with Gasteiger partial charge in [0.2, 0.25) is 0 Å². The number of hydrogen-bond acceptors (Lipinski definition) is 4. The summed E-state index contributed by atoms with van der Waals surface area (Å²) in [6.45, 7) is 4.75. The van der Waals surface area contributed by atoms with Crippen LogP contribution in [0.1, 0.15) is 13.8 Å². The van der Waals surface area contributed by atoms with Crippen molar-refractivity contribution in [2.75, 3.05) is 13.2 Å². The van der Waals surface area contributed by atoms with E-state index in [1.165, 1.54) is 0 Å². The van der Waals surface area contributed by atoms with Crippen LogP contribution in [-0.4, -0.2) is 13.2 Å². The molecule has 0 aromatic carbocycles. The predicted molar refractivity (Wildman–Crippen MR) is 25.4 cm³/mol. The molecule has 0 radical (unpaired) electrons. The first-order chi connectivity index (χ1) is 4.41. The van der Waals surface area contributed by atoms with E-state index in [0.717, 1.165) is 0 Å². The van der Waals surface area contributed by atoms with Gasteiger partial charge < -0.3 is 0 Å². The van der Waals surface area contributed by atoms with Gasteiger partial charge in [0.05, 0.1) is 0 Å². The molecule has 4 nitrogen and oxygen atoms in total. The molecule has 9 heavy (non-hydrogen) atoms. The van der Waals surface area contributed by atoms with Crippen molar-refractivity contribution in [1.29, 1.82) is 0 Å². The summed E-state index contributed by atoms with van der Waals surface area (Å²) in [6, 6.07) is 0. The molecule has 0 aromatic rings. The van der Waals surface area contributed by atoms with E-state index in [1.54, 1.807) is 0 Å². The van der Waals surface area contributed by atoms with Crippen molar-refractivity contribution < 1.29 is 38.2 Å². The van der Waals surface area contributed by atoms with E-state index in [4.69, 9.17) is 0 Å². The third kappa shape index (κ3) is 8.57. The Kier molecular flexibility index (Phi) is 9.11. The predicted octanol–water partition coefficient (Wildman–Crippen LogP) is -2.16. The van der Waals surface area contributed by atoms with Gasteiger partial charge in [-0.2, -0.15) is 0 Å². The second-order valence-corrected chi connectivity index (χ2v) is 2.08. The Morgan fingerprint density at radius 2 is 1.44 bits per heavy atom. The SMILES string of the molecule is CCOO[I-]OOCC. The van der Waals surface area contributed by atoms with Gasteiger partial charge in [0.15, 0.2) is 0 Å². The maximum atomic E-state index is 4.55. The van der Waals surface area contributed by atoms with Gasteiger partial charge in [0, 0.05) is 0 Å².